The summed E-state index contributed by atoms with van der Waals surface area (Å²) in [4.78, 5) is 53.0. The van der Waals surface area contributed by atoms with Gasteiger partial charge < -0.3 is 19.3 Å². The Labute approximate surface area is 139 Å². The maximum Gasteiger partial charge on any atom is 0.326 e. The molecule has 2 rings (SSSR count). The van der Waals surface area contributed by atoms with Crippen LogP contribution in [0.4, 0.5) is 9.59 Å². The summed E-state index contributed by atoms with van der Waals surface area (Å²) >= 11 is 0. The number of hydrogen-bond donors (Lipinski definition) is 0. The van der Waals surface area contributed by atoms with Crippen molar-refractivity contribution >= 4 is 24.0 Å². The molecule has 2 heterocycles. The minimum absolute atomic E-state index is 0.239. The highest BCUT2D eigenvalue weighted by atomic mass is 16.6. The minimum atomic E-state index is -0.607. The second kappa shape index (κ2) is 6.93. The SMILES string of the molecule is CCN1C(=O)N(COC(C)=O)[C@@H]2[C@H]1N(COC(C)=O)C(=O)N2CC. The smallest absolute Gasteiger partial charge is 0.326 e. The summed E-state index contributed by atoms with van der Waals surface area (Å²) in [6.45, 7) is 6.31. The fourth-order valence-electron chi connectivity index (χ4n) is 2.99. The molecule has 2 aliphatic rings. The van der Waals surface area contributed by atoms with Gasteiger partial charge in [-0.1, -0.05) is 0 Å². The molecule has 0 radical (unpaired) electrons. The number of carbonyl (C=O) groups is 4. The number of fused-ring (bicyclic) bond motifs is 1. The summed E-state index contributed by atoms with van der Waals surface area (Å²) in [6.07, 6.45) is -1.21. The predicted molar refractivity (Wildman–Crippen MR) is 80.1 cm³/mol. The number of nitrogens with zero attached hydrogens (tertiary/aromatic N) is 4. The van der Waals surface area contributed by atoms with Crippen molar-refractivity contribution in [2.24, 2.45) is 0 Å². The van der Waals surface area contributed by atoms with Gasteiger partial charge in [-0.05, 0) is 13.8 Å². The standard InChI is InChI=1S/C14H22N4O6/c1-5-15-11-12(18(13(15)21)8-24-10(4)20)16(6-2)14(22)17(11)7-23-9(3)19/h11-12H,5-8H2,1-4H3/t11-,12-/m1/s1. The van der Waals surface area contributed by atoms with Crippen molar-refractivity contribution in [3.8, 4) is 0 Å². The number of likely N-dealkylation sites (N-methyl/N-ethyl adjacent to an activating group) is 2. The van der Waals surface area contributed by atoms with E-state index in [1.807, 2.05) is 0 Å². The van der Waals surface area contributed by atoms with Crippen LogP contribution in [0.2, 0.25) is 0 Å². The molecule has 24 heavy (non-hydrogen) atoms. The van der Waals surface area contributed by atoms with Gasteiger partial charge in [0.25, 0.3) is 0 Å². The van der Waals surface area contributed by atoms with Crippen molar-refractivity contribution in [3.63, 3.8) is 0 Å². The number of hydrogen-bond acceptors (Lipinski definition) is 6. The van der Waals surface area contributed by atoms with E-state index < -0.39 is 24.3 Å². The molecule has 0 saturated carbocycles. The fraction of sp³-hybridized carbons (Fsp3) is 0.714. The summed E-state index contributed by atoms with van der Waals surface area (Å²) in [5.74, 6) is -1.03. The van der Waals surface area contributed by atoms with Crippen LogP contribution in [0.5, 0.6) is 0 Å². The molecule has 0 bridgehead atoms. The number of esters is 2. The maximum atomic E-state index is 12.6. The monoisotopic (exact) mass is 342 g/mol. The molecule has 134 valence electrons. The van der Waals surface area contributed by atoms with Crippen molar-refractivity contribution in [1.29, 1.82) is 0 Å². The number of rotatable bonds is 6. The Balaban J connectivity index is 2.31. The average molecular weight is 342 g/mol. The van der Waals surface area contributed by atoms with Gasteiger partial charge in [-0.15, -0.1) is 0 Å². The zero-order chi connectivity index (χ0) is 18.0. The van der Waals surface area contributed by atoms with Crippen LogP contribution in [-0.2, 0) is 19.1 Å². The van der Waals surface area contributed by atoms with E-state index in [0.29, 0.717) is 13.1 Å². The molecule has 0 unspecified atom stereocenters. The Morgan fingerprint density at radius 3 is 1.38 bits per heavy atom. The Kier molecular flexibility index (Phi) is 5.15. The van der Waals surface area contributed by atoms with Gasteiger partial charge in [0.15, 0.2) is 25.8 Å². The van der Waals surface area contributed by atoms with Crippen LogP contribution in [0.25, 0.3) is 0 Å². The Bertz CT molecular complexity index is 505. The van der Waals surface area contributed by atoms with E-state index in [2.05, 4.69) is 0 Å². The lowest BCUT2D eigenvalue weighted by Crippen LogP contribution is -2.47. The third-order valence-corrected chi connectivity index (χ3v) is 4.02. The molecule has 0 aliphatic carbocycles. The summed E-state index contributed by atoms with van der Waals surface area (Å²) < 4.78 is 9.91. The first-order valence-electron chi connectivity index (χ1n) is 7.74. The molecule has 0 aromatic heterocycles. The topological polar surface area (TPSA) is 99.7 Å². The van der Waals surface area contributed by atoms with Gasteiger partial charge in [0.1, 0.15) is 0 Å². The van der Waals surface area contributed by atoms with E-state index in [4.69, 9.17) is 9.47 Å². The van der Waals surface area contributed by atoms with Crippen LogP contribution >= 0.6 is 0 Å². The lowest BCUT2D eigenvalue weighted by molar-refractivity contribution is -0.147. The average Bonchev–Trinajstić information content (AvgIpc) is 2.93. The summed E-state index contributed by atoms with van der Waals surface area (Å²) in [5, 5.41) is 0. The molecule has 0 spiro atoms. The lowest BCUT2D eigenvalue weighted by atomic mass is 10.3. The van der Waals surface area contributed by atoms with Gasteiger partial charge in [0.2, 0.25) is 0 Å². The largest absolute Gasteiger partial charge is 0.444 e. The summed E-state index contributed by atoms with van der Waals surface area (Å²) in [7, 11) is 0. The van der Waals surface area contributed by atoms with Crippen LogP contribution < -0.4 is 0 Å². The zero-order valence-corrected chi connectivity index (χ0v) is 14.2. The van der Waals surface area contributed by atoms with Crippen LogP contribution in [0.15, 0.2) is 0 Å². The zero-order valence-electron chi connectivity index (χ0n) is 14.2. The Morgan fingerprint density at radius 1 is 0.792 bits per heavy atom. The molecular weight excluding hydrogens is 320 g/mol. The normalized spacial score (nSPS) is 23.0. The van der Waals surface area contributed by atoms with Gasteiger partial charge in [0, 0.05) is 26.9 Å². The van der Waals surface area contributed by atoms with Gasteiger partial charge in [-0.2, -0.15) is 0 Å². The number of urea groups is 2. The molecule has 2 aliphatic heterocycles. The second-order valence-electron chi connectivity index (χ2n) is 5.43. The van der Waals surface area contributed by atoms with Crippen LogP contribution in [-0.4, -0.2) is 82.5 Å². The first-order valence-corrected chi connectivity index (χ1v) is 7.74. The van der Waals surface area contributed by atoms with E-state index in [1.54, 1.807) is 13.8 Å². The lowest BCUT2D eigenvalue weighted by Gasteiger charge is -2.28. The molecule has 0 aromatic rings. The van der Waals surface area contributed by atoms with Crippen LogP contribution in [0, 0.1) is 0 Å². The van der Waals surface area contributed by atoms with E-state index in [-0.39, 0.29) is 25.5 Å². The Hall–Kier alpha value is -2.52. The highest BCUT2D eigenvalue weighted by molar-refractivity contribution is 5.85. The summed E-state index contributed by atoms with van der Waals surface area (Å²) in [5.41, 5.74) is 0. The van der Waals surface area contributed by atoms with Gasteiger partial charge >= 0.3 is 24.0 Å². The second-order valence-corrected chi connectivity index (χ2v) is 5.43. The van der Waals surface area contributed by atoms with E-state index in [0.717, 1.165) is 0 Å². The Morgan fingerprint density at radius 2 is 1.12 bits per heavy atom. The van der Waals surface area contributed by atoms with Crippen molar-refractivity contribution in [2.45, 2.75) is 40.0 Å². The molecule has 4 amide bonds. The molecular formula is C14H22N4O6. The summed E-state index contributed by atoms with van der Waals surface area (Å²) in [6, 6.07) is -0.681. The quantitative estimate of drug-likeness (QED) is 0.639. The maximum absolute atomic E-state index is 12.6. The number of carbonyl (C=O) groups excluding carboxylic acids is 4. The van der Waals surface area contributed by atoms with E-state index >= 15 is 0 Å². The third-order valence-electron chi connectivity index (χ3n) is 4.02. The van der Waals surface area contributed by atoms with Gasteiger partial charge in [-0.25, -0.2) is 9.59 Å². The van der Waals surface area contributed by atoms with Crippen LogP contribution in [0.1, 0.15) is 27.7 Å². The molecule has 2 saturated heterocycles. The molecule has 2 atom stereocenters. The number of amides is 4. The first-order chi connectivity index (χ1) is 11.3. The van der Waals surface area contributed by atoms with Gasteiger partial charge in [0.05, 0.1) is 0 Å². The molecule has 10 heteroatoms. The van der Waals surface area contributed by atoms with Crippen molar-refractivity contribution in [1.82, 2.24) is 19.6 Å². The highest BCUT2D eigenvalue weighted by Gasteiger charge is 2.58. The number of ether oxygens (including phenoxy) is 2. The van der Waals surface area contributed by atoms with Crippen molar-refractivity contribution < 1.29 is 28.7 Å². The molecule has 0 aromatic carbocycles. The van der Waals surface area contributed by atoms with Gasteiger partial charge in [-0.3, -0.25) is 19.4 Å². The highest BCUT2D eigenvalue weighted by Crippen LogP contribution is 2.34. The molecule has 2 fully saturated rings. The minimum Gasteiger partial charge on any atom is -0.444 e. The fourth-order valence-corrected chi connectivity index (χ4v) is 2.99. The predicted octanol–water partition coefficient (Wildman–Crippen LogP) is 0.195. The first kappa shape index (κ1) is 17.8. The van der Waals surface area contributed by atoms with Crippen molar-refractivity contribution in [2.75, 3.05) is 26.6 Å². The molecule has 10 nitrogen and oxygen atoms in total. The molecule has 0 N–H and O–H groups in total. The van der Waals surface area contributed by atoms with Crippen LogP contribution in [0.3, 0.4) is 0 Å². The van der Waals surface area contributed by atoms with E-state index in [1.165, 1.54) is 33.4 Å². The van der Waals surface area contributed by atoms with Crippen molar-refractivity contribution in [3.05, 3.63) is 0 Å². The van der Waals surface area contributed by atoms with E-state index in [9.17, 15) is 19.2 Å². The third kappa shape index (κ3) is 2.95.